The van der Waals surface area contributed by atoms with E-state index in [1.165, 1.54) is 0 Å². The standard InChI is InChI=1S/C30H34N6O4/c1-22-9-11-23(12-10-22)27(38)8-5-18-39-20-21-40-19-17-31-28-34-29(32-24-6-3-2-4-7-24)36-30(35-28)33-25-13-15-26(37)16-14-25/h2-4,6-7,9-16,37H,5,8,17-21H2,1H3,(H3,31,32,33,34,35,36). The summed E-state index contributed by atoms with van der Waals surface area (Å²) in [6, 6.07) is 23.9. The fourth-order valence-electron chi connectivity index (χ4n) is 3.67. The number of aryl methyl sites for hydroxylation is 1. The highest BCUT2D eigenvalue weighted by atomic mass is 16.5. The summed E-state index contributed by atoms with van der Waals surface area (Å²) in [5.41, 5.74) is 3.45. The normalized spacial score (nSPS) is 10.7. The number of hydrogen-bond donors (Lipinski definition) is 4. The second kappa shape index (κ2) is 15.2. The number of Topliss-reactive ketones (excluding diaryl/α,β-unsaturated/α-hetero) is 1. The van der Waals surface area contributed by atoms with Crippen LogP contribution in [0, 0.1) is 6.92 Å². The summed E-state index contributed by atoms with van der Waals surface area (Å²) >= 11 is 0. The number of phenols is 1. The summed E-state index contributed by atoms with van der Waals surface area (Å²) in [5, 5.41) is 19.0. The quantitative estimate of drug-likeness (QED) is 0.0820. The Hall–Kier alpha value is -4.54. The van der Waals surface area contributed by atoms with Crippen molar-refractivity contribution in [1.82, 2.24) is 15.0 Å². The number of hydrogen-bond acceptors (Lipinski definition) is 10. The molecular formula is C30H34N6O4. The van der Waals surface area contributed by atoms with Gasteiger partial charge < -0.3 is 30.5 Å². The summed E-state index contributed by atoms with van der Waals surface area (Å²) in [7, 11) is 0. The maximum absolute atomic E-state index is 12.2. The van der Waals surface area contributed by atoms with Gasteiger partial charge >= 0.3 is 0 Å². The largest absolute Gasteiger partial charge is 0.508 e. The van der Waals surface area contributed by atoms with E-state index in [0.29, 0.717) is 63.7 Å². The molecule has 0 atom stereocenters. The van der Waals surface area contributed by atoms with Crippen LogP contribution in [0.15, 0.2) is 78.9 Å². The molecule has 4 aromatic rings. The predicted octanol–water partition coefficient (Wildman–Crippen LogP) is 5.48. The molecule has 3 aromatic carbocycles. The minimum atomic E-state index is 0.132. The summed E-state index contributed by atoms with van der Waals surface area (Å²) in [6.45, 7) is 4.33. The van der Waals surface area contributed by atoms with Gasteiger partial charge in [0.15, 0.2) is 5.78 Å². The number of phenolic OH excluding ortho intramolecular Hbond substituents is 1. The van der Waals surface area contributed by atoms with Gasteiger partial charge in [-0.05, 0) is 49.7 Å². The molecule has 0 radical (unpaired) electrons. The van der Waals surface area contributed by atoms with Crippen LogP contribution in [0.3, 0.4) is 0 Å². The zero-order chi connectivity index (χ0) is 28.0. The average Bonchev–Trinajstić information content (AvgIpc) is 2.96. The fourth-order valence-corrected chi connectivity index (χ4v) is 3.67. The van der Waals surface area contributed by atoms with Gasteiger partial charge in [-0.15, -0.1) is 0 Å². The molecule has 0 unspecified atom stereocenters. The lowest BCUT2D eigenvalue weighted by atomic mass is 10.1. The SMILES string of the molecule is Cc1ccc(C(=O)CCCOCCOCCNc2nc(Nc3ccccc3)nc(Nc3ccc(O)cc3)n2)cc1. The number of ketones is 1. The van der Waals surface area contributed by atoms with Gasteiger partial charge in [-0.1, -0.05) is 48.0 Å². The maximum Gasteiger partial charge on any atom is 0.233 e. The van der Waals surface area contributed by atoms with E-state index in [1.54, 1.807) is 24.3 Å². The summed E-state index contributed by atoms with van der Waals surface area (Å²) in [5.74, 6) is 1.41. The van der Waals surface area contributed by atoms with Crippen molar-refractivity contribution in [2.75, 3.05) is 48.9 Å². The Morgan fingerprint density at radius 3 is 2.00 bits per heavy atom. The monoisotopic (exact) mass is 542 g/mol. The van der Waals surface area contributed by atoms with Crippen molar-refractivity contribution in [3.63, 3.8) is 0 Å². The molecule has 40 heavy (non-hydrogen) atoms. The Bertz CT molecular complexity index is 1330. The molecule has 4 rings (SSSR count). The first-order chi connectivity index (χ1) is 19.5. The van der Waals surface area contributed by atoms with Crippen molar-refractivity contribution in [3.8, 4) is 5.75 Å². The van der Waals surface area contributed by atoms with Crippen molar-refractivity contribution in [2.45, 2.75) is 19.8 Å². The smallest absolute Gasteiger partial charge is 0.233 e. The molecule has 4 N–H and O–H groups in total. The lowest BCUT2D eigenvalue weighted by Gasteiger charge is -2.12. The summed E-state index contributed by atoms with van der Waals surface area (Å²) in [6.07, 6.45) is 1.14. The van der Waals surface area contributed by atoms with E-state index in [2.05, 4.69) is 30.9 Å². The van der Waals surface area contributed by atoms with E-state index in [0.717, 1.165) is 22.5 Å². The highest BCUT2D eigenvalue weighted by molar-refractivity contribution is 5.96. The molecule has 0 bridgehead atoms. The first-order valence-corrected chi connectivity index (χ1v) is 13.2. The third kappa shape index (κ3) is 9.64. The van der Waals surface area contributed by atoms with Crippen molar-refractivity contribution in [1.29, 1.82) is 0 Å². The van der Waals surface area contributed by atoms with Gasteiger partial charge in [-0.25, -0.2) is 0 Å². The number of nitrogens with one attached hydrogen (secondary N) is 3. The maximum atomic E-state index is 12.2. The molecule has 0 aliphatic heterocycles. The van der Waals surface area contributed by atoms with E-state index in [4.69, 9.17) is 9.47 Å². The van der Waals surface area contributed by atoms with E-state index < -0.39 is 0 Å². The number of rotatable bonds is 16. The van der Waals surface area contributed by atoms with Crippen LogP contribution in [0.1, 0.15) is 28.8 Å². The lowest BCUT2D eigenvalue weighted by molar-refractivity contribution is 0.0497. The number of ether oxygens (including phenoxy) is 2. The Morgan fingerprint density at radius 1 is 0.725 bits per heavy atom. The van der Waals surface area contributed by atoms with Gasteiger partial charge in [0.05, 0.1) is 19.8 Å². The number of carbonyl (C=O) groups excluding carboxylic acids is 1. The molecular weight excluding hydrogens is 508 g/mol. The fraction of sp³-hybridized carbons (Fsp3) is 0.267. The van der Waals surface area contributed by atoms with Gasteiger partial charge in [0.25, 0.3) is 0 Å². The van der Waals surface area contributed by atoms with Crippen molar-refractivity contribution >= 4 is 35.0 Å². The van der Waals surface area contributed by atoms with Crippen LogP contribution in [0.25, 0.3) is 0 Å². The van der Waals surface area contributed by atoms with Crippen LogP contribution in [0.5, 0.6) is 5.75 Å². The van der Waals surface area contributed by atoms with Crippen molar-refractivity contribution in [3.05, 3.63) is 90.0 Å². The number of nitrogens with zero attached hydrogens (tertiary/aromatic N) is 3. The second-order valence-electron chi connectivity index (χ2n) is 9.01. The summed E-state index contributed by atoms with van der Waals surface area (Å²) in [4.78, 5) is 25.6. The Balaban J connectivity index is 1.17. The molecule has 10 nitrogen and oxygen atoms in total. The lowest BCUT2D eigenvalue weighted by Crippen LogP contribution is -2.15. The molecule has 0 spiro atoms. The van der Waals surface area contributed by atoms with E-state index in [-0.39, 0.29) is 11.5 Å². The van der Waals surface area contributed by atoms with Crippen LogP contribution in [-0.2, 0) is 9.47 Å². The molecule has 0 aliphatic rings. The third-order valence-corrected chi connectivity index (χ3v) is 5.76. The zero-order valence-electron chi connectivity index (χ0n) is 22.5. The van der Waals surface area contributed by atoms with Crippen LogP contribution < -0.4 is 16.0 Å². The highest BCUT2D eigenvalue weighted by Gasteiger charge is 2.08. The van der Waals surface area contributed by atoms with Crippen LogP contribution >= 0.6 is 0 Å². The second-order valence-corrected chi connectivity index (χ2v) is 9.01. The number of aromatic nitrogens is 3. The summed E-state index contributed by atoms with van der Waals surface area (Å²) < 4.78 is 11.2. The molecule has 1 aromatic heterocycles. The number of anilines is 5. The first-order valence-electron chi connectivity index (χ1n) is 13.2. The number of aromatic hydroxyl groups is 1. The van der Waals surface area contributed by atoms with Crippen LogP contribution in [-0.4, -0.2) is 58.8 Å². The van der Waals surface area contributed by atoms with Gasteiger partial charge in [-0.2, -0.15) is 15.0 Å². The minimum Gasteiger partial charge on any atom is -0.508 e. The number of carbonyl (C=O) groups is 1. The van der Waals surface area contributed by atoms with E-state index >= 15 is 0 Å². The predicted molar refractivity (Wildman–Crippen MR) is 156 cm³/mol. The highest BCUT2D eigenvalue weighted by Crippen LogP contribution is 2.20. The zero-order valence-corrected chi connectivity index (χ0v) is 22.5. The van der Waals surface area contributed by atoms with Crippen LogP contribution in [0.2, 0.25) is 0 Å². The van der Waals surface area contributed by atoms with Gasteiger partial charge in [0.1, 0.15) is 5.75 Å². The van der Waals surface area contributed by atoms with Crippen LogP contribution in [0.4, 0.5) is 29.2 Å². The number of para-hydroxylation sites is 1. The molecule has 0 saturated carbocycles. The molecule has 10 heteroatoms. The average molecular weight is 543 g/mol. The molecule has 208 valence electrons. The molecule has 0 fully saturated rings. The van der Waals surface area contributed by atoms with Gasteiger partial charge in [0.2, 0.25) is 17.8 Å². The molecule has 0 saturated heterocycles. The number of benzene rings is 3. The minimum absolute atomic E-state index is 0.132. The molecule has 0 amide bonds. The van der Waals surface area contributed by atoms with E-state index in [1.807, 2.05) is 61.5 Å². The van der Waals surface area contributed by atoms with Gasteiger partial charge in [0, 0.05) is 36.5 Å². The molecule has 0 aliphatic carbocycles. The first kappa shape index (κ1) is 28.5. The van der Waals surface area contributed by atoms with Crippen molar-refractivity contribution in [2.24, 2.45) is 0 Å². The topological polar surface area (TPSA) is 131 Å². The van der Waals surface area contributed by atoms with E-state index in [9.17, 15) is 9.90 Å². The molecule has 1 heterocycles. The van der Waals surface area contributed by atoms with Gasteiger partial charge in [-0.3, -0.25) is 4.79 Å². The Morgan fingerprint density at radius 2 is 1.32 bits per heavy atom. The Kier molecular flexibility index (Phi) is 10.8. The third-order valence-electron chi connectivity index (χ3n) is 5.76. The Labute approximate surface area is 233 Å². The van der Waals surface area contributed by atoms with Crippen molar-refractivity contribution < 1.29 is 19.4 Å².